The number of hydrogen-bond acceptors (Lipinski definition) is 0. The normalized spacial score (nSPS) is 23.6. The molecule has 2 atom stereocenters. The van der Waals surface area contributed by atoms with Crippen molar-refractivity contribution in [3.63, 3.8) is 0 Å². The van der Waals surface area contributed by atoms with Crippen LogP contribution in [0.1, 0.15) is 32.3 Å². The molecule has 1 aliphatic carbocycles. The first kappa shape index (κ1) is 17.7. The maximum absolute atomic E-state index is 4.66. The van der Waals surface area contributed by atoms with Crippen LogP contribution in [0, 0.1) is 0 Å². The zero-order chi connectivity index (χ0) is 20.5. The summed E-state index contributed by atoms with van der Waals surface area (Å²) in [5, 5.41) is 2.63. The van der Waals surface area contributed by atoms with Gasteiger partial charge in [0.2, 0.25) is 11.2 Å². The Morgan fingerprint density at radius 3 is 2.13 bits per heavy atom. The molecule has 1 aromatic heterocycles. The third-order valence-corrected chi connectivity index (χ3v) is 7.81. The van der Waals surface area contributed by atoms with Crippen LogP contribution in [-0.2, 0) is 11.0 Å². The number of aromatic nitrogens is 1. The lowest BCUT2D eigenvalue weighted by Crippen LogP contribution is -2.55. The van der Waals surface area contributed by atoms with Crippen LogP contribution in [0.3, 0.4) is 0 Å². The first-order valence-corrected chi connectivity index (χ1v) is 11.0. The number of fused-ring (bicyclic) bond motifs is 8. The molecule has 2 aliphatic rings. The van der Waals surface area contributed by atoms with Gasteiger partial charge in [-0.3, -0.25) is 0 Å². The molecule has 30 heavy (non-hydrogen) atoms. The lowest BCUT2D eigenvalue weighted by atomic mass is 9.78. The Kier molecular flexibility index (Phi) is 3.48. The summed E-state index contributed by atoms with van der Waals surface area (Å²) in [5.41, 5.74) is 8.07. The van der Waals surface area contributed by atoms with Crippen LogP contribution < -0.4 is 4.57 Å². The van der Waals surface area contributed by atoms with Crippen molar-refractivity contribution in [2.45, 2.75) is 37.6 Å². The molecule has 146 valence electrons. The highest BCUT2D eigenvalue weighted by atomic mass is 15.2. The van der Waals surface area contributed by atoms with Gasteiger partial charge in [0.25, 0.3) is 0 Å². The van der Waals surface area contributed by atoms with Crippen molar-refractivity contribution >= 4 is 10.8 Å². The van der Waals surface area contributed by atoms with E-state index < -0.39 is 0 Å². The van der Waals surface area contributed by atoms with Gasteiger partial charge >= 0.3 is 0 Å². The third kappa shape index (κ3) is 1.82. The Labute approximate surface area is 178 Å². The molecule has 4 aromatic rings. The molecule has 1 heteroatoms. The third-order valence-electron chi connectivity index (χ3n) is 7.81. The van der Waals surface area contributed by atoms with E-state index in [4.69, 9.17) is 0 Å². The number of allylic oxidation sites excluding steroid dienone is 1. The molecule has 1 nitrogen and oxygen atoms in total. The molecule has 0 spiro atoms. The van der Waals surface area contributed by atoms with Gasteiger partial charge in [0.1, 0.15) is 0 Å². The van der Waals surface area contributed by atoms with Gasteiger partial charge in [0.15, 0.2) is 6.20 Å². The number of rotatable bonds is 3. The van der Waals surface area contributed by atoms with Crippen molar-refractivity contribution in [3.8, 4) is 22.4 Å². The fourth-order valence-corrected chi connectivity index (χ4v) is 6.50. The van der Waals surface area contributed by atoms with Gasteiger partial charge in [0.05, 0.1) is 21.9 Å². The van der Waals surface area contributed by atoms with Gasteiger partial charge in [-0.25, -0.2) is 0 Å². The summed E-state index contributed by atoms with van der Waals surface area (Å²) in [7, 11) is 0. The number of nitrogens with zero attached hydrogens (tertiary/aromatic N) is 1. The van der Waals surface area contributed by atoms with Crippen LogP contribution in [0.25, 0.3) is 33.2 Å². The second-order valence-electron chi connectivity index (χ2n) is 8.67. The summed E-state index contributed by atoms with van der Waals surface area (Å²) in [6.45, 7) is 9.30. The quantitative estimate of drug-likeness (QED) is 0.268. The van der Waals surface area contributed by atoms with Gasteiger partial charge in [-0.15, -0.1) is 0 Å². The summed E-state index contributed by atoms with van der Waals surface area (Å²) in [4.78, 5) is 0. The second kappa shape index (κ2) is 5.92. The molecule has 0 radical (unpaired) electrons. The Bertz CT molecular complexity index is 1330. The predicted octanol–water partition coefficient (Wildman–Crippen LogP) is 6.80. The van der Waals surface area contributed by atoms with Gasteiger partial charge in [-0.05, 0) is 29.7 Å². The highest BCUT2D eigenvalue weighted by Crippen LogP contribution is 2.71. The van der Waals surface area contributed by atoms with Crippen molar-refractivity contribution in [1.29, 1.82) is 0 Å². The molecule has 0 saturated heterocycles. The average Bonchev–Trinajstić information content (AvgIpc) is 3.38. The molecule has 2 heterocycles. The maximum atomic E-state index is 4.66. The van der Waals surface area contributed by atoms with Crippen molar-refractivity contribution < 1.29 is 4.57 Å². The van der Waals surface area contributed by atoms with Crippen LogP contribution in [0.4, 0.5) is 0 Å². The maximum Gasteiger partial charge on any atom is 0.221 e. The molecule has 0 bridgehead atoms. The monoisotopic (exact) mass is 388 g/mol. The molecule has 1 saturated carbocycles. The molecule has 0 amide bonds. The van der Waals surface area contributed by atoms with Crippen LogP contribution in [0.2, 0.25) is 0 Å². The average molecular weight is 389 g/mol. The van der Waals surface area contributed by atoms with Gasteiger partial charge in [-0.2, -0.15) is 4.57 Å². The van der Waals surface area contributed by atoms with Crippen LogP contribution in [-0.4, -0.2) is 0 Å². The molecule has 3 aromatic carbocycles. The highest BCUT2D eigenvalue weighted by molar-refractivity contribution is 6.03. The topological polar surface area (TPSA) is 3.88 Å². The lowest BCUT2D eigenvalue weighted by molar-refractivity contribution is -0.730. The minimum atomic E-state index is -0.0427. The Morgan fingerprint density at radius 2 is 1.40 bits per heavy atom. The molecule has 0 N–H and O–H groups in total. The largest absolute Gasteiger partial charge is 0.221 e. The molecule has 1 aliphatic heterocycles. The first-order chi connectivity index (χ1) is 14.7. The van der Waals surface area contributed by atoms with E-state index in [9.17, 15) is 0 Å². The number of pyridine rings is 1. The van der Waals surface area contributed by atoms with Gasteiger partial charge in [0, 0.05) is 17.4 Å². The Hall–Kier alpha value is -3.19. The van der Waals surface area contributed by atoms with E-state index in [0.29, 0.717) is 0 Å². The van der Waals surface area contributed by atoms with Crippen LogP contribution in [0.15, 0.2) is 97.2 Å². The van der Waals surface area contributed by atoms with E-state index in [0.717, 1.165) is 12.8 Å². The van der Waals surface area contributed by atoms with E-state index in [-0.39, 0.29) is 11.0 Å². The highest BCUT2D eigenvalue weighted by Gasteiger charge is 2.80. The zero-order valence-electron chi connectivity index (χ0n) is 17.7. The summed E-state index contributed by atoms with van der Waals surface area (Å²) < 4.78 is 2.59. The summed E-state index contributed by atoms with van der Waals surface area (Å²) in [6, 6.07) is 28.7. The van der Waals surface area contributed by atoms with Crippen molar-refractivity contribution in [3.05, 3.63) is 103 Å². The van der Waals surface area contributed by atoms with Gasteiger partial charge in [-0.1, -0.05) is 87.2 Å². The smallest absolute Gasteiger partial charge is 0.186 e. The SMILES string of the molecule is C=C1C2(CC)c3ccccc3-c3c4ccccc4c(-c4ccccc4)c[n+]3C12CC. The first-order valence-electron chi connectivity index (χ1n) is 11.0. The van der Waals surface area contributed by atoms with Crippen molar-refractivity contribution in [1.82, 2.24) is 0 Å². The fourth-order valence-electron chi connectivity index (χ4n) is 6.50. The van der Waals surface area contributed by atoms with Crippen LogP contribution in [0.5, 0.6) is 0 Å². The molecular weight excluding hydrogens is 362 g/mol. The van der Waals surface area contributed by atoms with E-state index in [1.807, 2.05) is 0 Å². The minimum Gasteiger partial charge on any atom is -0.186 e. The number of hydrogen-bond donors (Lipinski definition) is 0. The van der Waals surface area contributed by atoms with E-state index in [1.54, 1.807) is 0 Å². The Balaban J connectivity index is 1.82. The summed E-state index contributed by atoms with van der Waals surface area (Å²) >= 11 is 0. The Morgan fingerprint density at radius 1 is 0.733 bits per heavy atom. The van der Waals surface area contributed by atoms with E-state index in [1.165, 1.54) is 44.3 Å². The predicted molar refractivity (Wildman–Crippen MR) is 124 cm³/mol. The second-order valence-corrected chi connectivity index (χ2v) is 8.67. The standard InChI is InChI=1S/C29H26N/c1-4-28-20(3)29(28,5-2)30-19-25(21-13-7-6-8-14-21)22-15-9-10-16-23(22)27(30)24-17-11-12-18-26(24)28/h6-19H,3-5H2,1-2H3/q+1. The minimum absolute atomic E-state index is 0.0342. The number of benzene rings is 3. The molecular formula is C29H26N+. The summed E-state index contributed by atoms with van der Waals surface area (Å²) in [5.74, 6) is 0. The van der Waals surface area contributed by atoms with Crippen molar-refractivity contribution in [2.24, 2.45) is 0 Å². The van der Waals surface area contributed by atoms with Gasteiger partial charge < -0.3 is 0 Å². The van der Waals surface area contributed by atoms with Crippen LogP contribution >= 0.6 is 0 Å². The van der Waals surface area contributed by atoms with E-state index >= 15 is 0 Å². The molecule has 1 fully saturated rings. The lowest BCUT2D eigenvalue weighted by Gasteiger charge is -2.29. The summed E-state index contributed by atoms with van der Waals surface area (Å²) in [6.07, 6.45) is 4.55. The fraction of sp³-hybridized carbons (Fsp3) is 0.207. The molecule has 6 rings (SSSR count). The zero-order valence-corrected chi connectivity index (χ0v) is 17.7. The van der Waals surface area contributed by atoms with E-state index in [2.05, 4.69) is 110 Å². The van der Waals surface area contributed by atoms with Crippen molar-refractivity contribution in [2.75, 3.05) is 0 Å². The molecule has 2 unspecified atom stereocenters.